The molecular weight excluding hydrogens is 220 g/mol. The number of hydrogen-bond donors (Lipinski definition) is 2. The van der Waals surface area contributed by atoms with Crippen molar-refractivity contribution in [3.63, 3.8) is 0 Å². The molecule has 0 aliphatic carbocycles. The van der Waals surface area contributed by atoms with Gasteiger partial charge >= 0.3 is 0 Å². The Labute approximate surface area is 102 Å². The van der Waals surface area contributed by atoms with Crippen LogP contribution in [0.5, 0.6) is 0 Å². The van der Waals surface area contributed by atoms with Gasteiger partial charge in [0.05, 0.1) is 31.9 Å². The number of hydrogen-bond acceptors (Lipinski definition) is 4. The Morgan fingerprint density at radius 1 is 1.76 bits per heavy atom. The van der Waals surface area contributed by atoms with E-state index in [2.05, 4.69) is 11.2 Å². The summed E-state index contributed by atoms with van der Waals surface area (Å²) in [5.74, 6) is 2.28. The third-order valence-electron chi connectivity index (χ3n) is 3.00. The van der Waals surface area contributed by atoms with Crippen molar-refractivity contribution in [1.82, 2.24) is 10.2 Å². The minimum absolute atomic E-state index is 0.0259. The van der Waals surface area contributed by atoms with E-state index in [4.69, 9.17) is 16.3 Å². The second kappa shape index (κ2) is 6.60. The van der Waals surface area contributed by atoms with Crippen molar-refractivity contribution in [1.29, 1.82) is 0 Å². The van der Waals surface area contributed by atoms with Crippen molar-refractivity contribution in [2.24, 2.45) is 0 Å². The number of amides is 1. The average Bonchev–Trinajstić information content (AvgIpc) is 2.35. The molecule has 1 heterocycles. The van der Waals surface area contributed by atoms with Gasteiger partial charge < -0.3 is 15.2 Å². The molecule has 1 rings (SSSR count). The summed E-state index contributed by atoms with van der Waals surface area (Å²) in [7, 11) is 0. The molecule has 0 radical (unpaired) electrons. The van der Waals surface area contributed by atoms with Crippen LogP contribution in [0.4, 0.5) is 0 Å². The molecule has 5 nitrogen and oxygen atoms in total. The molecule has 1 aliphatic heterocycles. The van der Waals surface area contributed by atoms with Gasteiger partial charge in [0.25, 0.3) is 0 Å². The van der Waals surface area contributed by atoms with E-state index < -0.39 is 0 Å². The van der Waals surface area contributed by atoms with Crippen LogP contribution in [0.2, 0.25) is 0 Å². The highest BCUT2D eigenvalue weighted by Gasteiger charge is 2.31. The first-order chi connectivity index (χ1) is 8.10. The minimum Gasteiger partial charge on any atom is -0.394 e. The van der Waals surface area contributed by atoms with Crippen LogP contribution < -0.4 is 5.32 Å². The number of nitrogens with one attached hydrogen (secondary N) is 1. The Hall–Kier alpha value is -1.09. The van der Waals surface area contributed by atoms with Crippen molar-refractivity contribution in [2.45, 2.75) is 32.0 Å². The standard InChI is InChI=1S/C12H20N2O3/c1-4-5-13-12(16)10(3)14-6-11(7-15)17-8-9(14)2/h1,9-11,15H,5-8H2,2-3H3,(H,13,16). The second-order valence-corrected chi connectivity index (χ2v) is 4.28. The van der Waals surface area contributed by atoms with E-state index in [0.29, 0.717) is 13.2 Å². The van der Waals surface area contributed by atoms with Crippen LogP contribution in [0.15, 0.2) is 0 Å². The highest BCUT2D eigenvalue weighted by atomic mass is 16.5. The fourth-order valence-corrected chi connectivity index (χ4v) is 1.93. The van der Waals surface area contributed by atoms with Gasteiger partial charge in [0.1, 0.15) is 0 Å². The van der Waals surface area contributed by atoms with Crippen LogP contribution in [0.25, 0.3) is 0 Å². The predicted molar refractivity (Wildman–Crippen MR) is 64.3 cm³/mol. The van der Waals surface area contributed by atoms with Crippen LogP contribution >= 0.6 is 0 Å². The fourth-order valence-electron chi connectivity index (χ4n) is 1.93. The van der Waals surface area contributed by atoms with Crippen molar-refractivity contribution >= 4 is 5.91 Å². The summed E-state index contributed by atoms with van der Waals surface area (Å²) in [6.07, 6.45) is 4.88. The number of ether oxygens (including phenoxy) is 1. The van der Waals surface area contributed by atoms with Gasteiger partial charge in [-0.15, -0.1) is 6.42 Å². The molecule has 1 aliphatic rings. The van der Waals surface area contributed by atoms with Crippen molar-refractivity contribution in [3.8, 4) is 12.3 Å². The van der Waals surface area contributed by atoms with Gasteiger partial charge in [-0.2, -0.15) is 0 Å². The Kier molecular flexibility index (Phi) is 5.42. The van der Waals surface area contributed by atoms with Gasteiger partial charge in [-0.05, 0) is 13.8 Å². The van der Waals surface area contributed by atoms with Gasteiger partial charge in [-0.25, -0.2) is 0 Å². The number of carbonyl (C=O) groups is 1. The van der Waals surface area contributed by atoms with Crippen LogP contribution in [-0.2, 0) is 9.53 Å². The molecular formula is C12H20N2O3. The molecule has 1 amide bonds. The van der Waals surface area contributed by atoms with E-state index in [9.17, 15) is 4.79 Å². The van der Waals surface area contributed by atoms with Gasteiger partial charge in [0.15, 0.2) is 0 Å². The van der Waals surface area contributed by atoms with E-state index in [1.54, 1.807) is 0 Å². The molecule has 0 bridgehead atoms. The quantitative estimate of drug-likeness (QED) is 0.632. The summed E-state index contributed by atoms with van der Waals surface area (Å²) in [5, 5.41) is 11.7. The minimum atomic E-state index is -0.267. The first-order valence-corrected chi connectivity index (χ1v) is 5.79. The smallest absolute Gasteiger partial charge is 0.237 e. The first kappa shape index (κ1) is 14.0. The lowest BCUT2D eigenvalue weighted by Gasteiger charge is -2.40. The maximum atomic E-state index is 11.8. The summed E-state index contributed by atoms with van der Waals surface area (Å²) in [5.41, 5.74) is 0. The maximum Gasteiger partial charge on any atom is 0.237 e. The molecule has 3 atom stereocenters. The molecule has 17 heavy (non-hydrogen) atoms. The van der Waals surface area contributed by atoms with Crippen molar-refractivity contribution < 1.29 is 14.6 Å². The monoisotopic (exact) mass is 240 g/mol. The molecule has 1 fully saturated rings. The number of aliphatic hydroxyl groups excluding tert-OH is 1. The Morgan fingerprint density at radius 3 is 3.06 bits per heavy atom. The summed E-state index contributed by atoms with van der Waals surface area (Å²) < 4.78 is 5.42. The number of nitrogens with zero attached hydrogens (tertiary/aromatic N) is 1. The topological polar surface area (TPSA) is 61.8 Å². The number of morpholine rings is 1. The van der Waals surface area contributed by atoms with Crippen LogP contribution in [-0.4, -0.2) is 60.4 Å². The first-order valence-electron chi connectivity index (χ1n) is 5.79. The summed E-state index contributed by atoms with van der Waals surface area (Å²) in [6, 6.07) is -0.110. The van der Waals surface area contributed by atoms with Crippen LogP contribution in [0.1, 0.15) is 13.8 Å². The van der Waals surface area contributed by atoms with Crippen LogP contribution in [0.3, 0.4) is 0 Å². The summed E-state index contributed by atoms with van der Waals surface area (Å²) in [6.45, 7) is 5.13. The predicted octanol–water partition coefficient (Wildman–Crippen LogP) is -0.794. The normalized spacial score (nSPS) is 27.2. The molecule has 1 saturated heterocycles. The fraction of sp³-hybridized carbons (Fsp3) is 0.750. The number of terminal acetylenes is 1. The molecule has 2 N–H and O–H groups in total. The zero-order valence-electron chi connectivity index (χ0n) is 10.3. The van der Waals surface area contributed by atoms with E-state index in [-0.39, 0.29) is 37.2 Å². The average molecular weight is 240 g/mol. The molecule has 96 valence electrons. The van der Waals surface area contributed by atoms with Crippen molar-refractivity contribution in [3.05, 3.63) is 0 Å². The molecule has 0 aromatic carbocycles. The van der Waals surface area contributed by atoms with E-state index in [1.165, 1.54) is 0 Å². The van der Waals surface area contributed by atoms with E-state index in [0.717, 1.165) is 0 Å². The lowest BCUT2D eigenvalue weighted by Crippen LogP contribution is -2.56. The zero-order chi connectivity index (χ0) is 12.8. The molecule has 3 unspecified atom stereocenters. The molecule has 0 aromatic heterocycles. The number of carbonyl (C=O) groups excluding carboxylic acids is 1. The van der Waals surface area contributed by atoms with Crippen molar-refractivity contribution in [2.75, 3.05) is 26.3 Å². The molecule has 0 aromatic rings. The molecule has 5 heteroatoms. The highest BCUT2D eigenvalue weighted by Crippen LogP contribution is 2.14. The third-order valence-corrected chi connectivity index (χ3v) is 3.00. The lowest BCUT2D eigenvalue weighted by molar-refractivity contribution is -0.134. The molecule has 0 spiro atoms. The Bertz CT molecular complexity index is 301. The Balaban J connectivity index is 2.56. The summed E-state index contributed by atoms with van der Waals surface area (Å²) in [4.78, 5) is 13.8. The zero-order valence-corrected chi connectivity index (χ0v) is 10.3. The maximum absolute atomic E-state index is 11.8. The number of aliphatic hydroxyl groups is 1. The largest absolute Gasteiger partial charge is 0.394 e. The van der Waals surface area contributed by atoms with E-state index >= 15 is 0 Å². The Morgan fingerprint density at radius 2 is 2.47 bits per heavy atom. The number of rotatable bonds is 4. The van der Waals surface area contributed by atoms with Gasteiger partial charge in [-0.1, -0.05) is 5.92 Å². The van der Waals surface area contributed by atoms with E-state index in [1.807, 2.05) is 18.7 Å². The van der Waals surface area contributed by atoms with Gasteiger partial charge in [0.2, 0.25) is 5.91 Å². The highest BCUT2D eigenvalue weighted by molar-refractivity contribution is 5.81. The second-order valence-electron chi connectivity index (χ2n) is 4.28. The van der Waals surface area contributed by atoms with Crippen LogP contribution in [0, 0.1) is 12.3 Å². The SMILES string of the molecule is C#CCNC(=O)C(C)N1CC(CO)OCC1C. The molecule has 0 saturated carbocycles. The summed E-state index contributed by atoms with van der Waals surface area (Å²) >= 11 is 0. The van der Waals surface area contributed by atoms with Gasteiger partial charge in [-0.3, -0.25) is 9.69 Å². The lowest BCUT2D eigenvalue weighted by atomic mass is 10.1. The van der Waals surface area contributed by atoms with Gasteiger partial charge in [0, 0.05) is 12.6 Å². The third kappa shape index (κ3) is 3.70.